The number of amides is 2. The van der Waals surface area contributed by atoms with Crippen LogP contribution >= 0.6 is 11.6 Å². The van der Waals surface area contributed by atoms with Crippen LogP contribution in [0.15, 0.2) is 42.5 Å². The van der Waals surface area contributed by atoms with Gasteiger partial charge in [-0.05, 0) is 41.3 Å². The molecular weight excluding hydrogens is 338 g/mol. The van der Waals surface area contributed by atoms with Gasteiger partial charge in [0.05, 0.1) is 6.10 Å². The Morgan fingerprint density at radius 2 is 2.00 bits per heavy atom. The standard InChI is InChI=1S/C19H22ClN3O2/c1-23-9-8-14-10-15(4-7-17(14)23)18(24)12-22-19(25)21-11-13-2-5-16(20)6-3-13/h2-7,10,18,24H,8-9,11-12H2,1H3,(H2,21,22,25)/t18-/m0/s1. The minimum absolute atomic E-state index is 0.168. The Morgan fingerprint density at radius 3 is 2.76 bits per heavy atom. The van der Waals surface area contributed by atoms with Gasteiger partial charge in [0.1, 0.15) is 0 Å². The zero-order valence-electron chi connectivity index (χ0n) is 14.1. The van der Waals surface area contributed by atoms with Crippen molar-refractivity contribution < 1.29 is 9.90 Å². The van der Waals surface area contributed by atoms with E-state index in [9.17, 15) is 9.90 Å². The molecule has 0 radical (unpaired) electrons. The predicted octanol–water partition coefficient (Wildman–Crippen LogP) is 2.87. The summed E-state index contributed by atoms with van der Waals surface area (Å²) < 4.78 is 0. The topological polar surface area (TPSA) is 64.6 Å². The number of halogens is 1. The average Bonchev–Trinajstić information content (AvgIpc) is 2.99. The van der Waals surface area contributed by atoms with Crippen LogP contribution in [0.4, 0.5) is 10.5 Å². The van der Waals surface area contributed by atoms with Gasteiger partial charge in [0.15, 0.2) is 0 Å². The first-order valence-electron chi connectivity index (χ1n) is 8.31. The molecule has 0 aliphatic carbocycles. The average molecular weight is 360 g/mol. The van der Waals surface area contributed by atoms with Gasteiger partial charge in [-0.15, -0.1) is 0 Å². The second kappa shape index (κ2) is 7.76. The van der Waals surface area contributed by atoms with Crippen LogP contribution in [-0.4, -0.2) is 31.3 Å². The first-order chi connectivity index (χ1) is 12.0. The molecule has 0 fully saturated rings. The maximum Gasteiger partial charge on any atom is 0.315 e. The van der Waals surface area contributed by atoms with Crippen molar-refractivity contribution in [3.05, 3.63) is 64.2 Å². The number of nitrogens with zero attached hydrogens (tertiary/aromatic N) is 1. The molecule has 2 amide bonds. The van der Waals surface area contributed by atoms with Crippen molar-refractivity contribution in [3.8, 4) is 0 Å². The number of hydrogen-bond donors (Lipinski definition) is 3. The van der Waals surface area contributed by atoms with Gasteiger partial charge in [0.2, 0.25) is 0 Å². The number of aliphatic hydroxyl groups is 1. The molecular formula is C19H22ClN3O2. The first-order valence-corrected chi connectivity index (χ1v) is 8.69. The number of urea groups is 1. The van der Waals surface area contributed by atoms with E-state index in [0.29, 0.717) is 11.6 Å². The lowest BCUT2D eigenvalue weighted by Gasteiger charge is -2.16. The lowest BCUT2D eigenvalue weighted by atomic mass is 10.0. The normalized spacial score (nSPS) is 14.1. The highest BCUT2D eigenvalue weighted by atomic mass is 35.5. The number of carbonyl (C=O) groups excluding carboxylic acids is 1. The van der Waals surface area contributed by atoms with E-state index in [2.05, 4.69) is 22.6 Å². The SMILES string of the molecule is CN1CCc2cc([C@@H](O)CNC(=O)NCc3ccc(Cl)cc3)ccc21. The number of aliphatic hydroxyl groups excluding tert-OH is 1. The van der Waals surface area contributed by atoms with Crippen molar-refractivity contribution >= 4 is 23.3 Å². The van der Waals surface area contributed by atoms with Crippen molar-refractivity contribution in [1.29, 1.82) is 0 Å². The number of carbonyl (C=O) groups is 1. The highest BCUT2D eigenvalue weighted by molar-refractivity contribution is 6.30. The van der Waals surface area contributed by atoms with Gasteiger partial charge in [-0.1, -0.05) is 35.9 Å². The maximum atomic E-state index is 11.9. The molecule has 1 aliphatic heterocycles. The first kappa shape index (κ1) is 17.6. The van der Waals surface area contributed by atoms with Crippen LogP contribution in [0.1, 0.15) is 22.8 Å². The summed E-state index contributed by atoms with van der Waals surface area (Å²) in [6, 6.07) is 12.9. The van der Waals surface area contributed by atoms with Crippen LogP contribution in [-0.2, 0) is 13.0 Å². The minimum atomic E-state index is -0.725. The van der Waals surface area contributed by atoms with Crippen molar-refractivity contribution in [1.82, 2.24) is 10.6 Å². The van der Waals surface area contributed by atoms with E-state index in [1.54, 1.807) is 12.1 Å². The van der Waals surface area contributed by atoms with E-state index in [0.717, 1.165) is 24.1 Å². The Bertz CT molecular complexity index is 749. The number of fused-ring (bicyclic) bond motifs is 1. The lowest BCUT2D eigenvalue weighted by Crippen LogP contribution is -2.37. The molecule has 6 heteroatoms. The smallest absolute Gasteiger partial charge is 0.315 e. The number of anilines is 1. The van der Waals surface area contributed by atoms with Gasteiger partial charge in [-0.2, -0.15) is 0 Å². The van der Waals surface area contributed by atoms with Gasteiger partial charge in [0, 0.05) is 37.4 Å². The molecule has 3 rings (SSSR count). The maximum absolute atomic E-state index is 11.9. The molecule has 0 saturated heterocycles. The molecule has 1 aliphatic rings. The molecule has 2 aromatic rings. The molecule has 5 nitrogen and oxygen atoms in total. The van der Waals surface area contributed by atoms with Crippen LogP contribution in [0, 0.1) is 0 Å². The van der Waals surface area contributed by atoms with E-state index in [-0.39, 0.29) is 12.6 Å². The quantitative estimate of drug-likeness (QED) is 0.769. The Hall–Kier alpha value is -2.24. The summed E-state index contributed by atoms with van der Waals surface area (Å²) in [5.74, 6) is 0. The van der Waals surface area contributed by atoms with Crippen LogP contribution in [0.25, 0.3) is 0 Å². The summed E-state index contributed by atoms with van der Waals surface area (Å²) in [6.45, 7) is 1.57. The van der Waals surface area contributed by atoms with E-state index in [4.69, 9.17) is 11.6 Å². The van der Waals surface area contributed by atoms with Crippen LogP contribution in [0.2, 0.25) is 5.02 Å². The summed E-state index contributed by atoms with van der Waals surface area (Å²) in [6.07, 6.45) is 0.263. The Morgan fingerprint density at radius 1 is 1.24 bits per heavy atom. The van der Waals surface area contributed by atoms with Gasteiger partial charge < -0.3 is 20.6 Å². The Kier molecular flexibility index (Phi) is 5.46. The number of benzene rings is 2. The zero-order chi connectivity index (χ0) is 17.8. The molecule has 0 unspecified atom stereocenters. The predicted molar refractivity (Wildman–Crippen MR) is 100 cm³/mol. The number of likely N-dealkylation sites (N-methyl/N-ethyl adjacent to an activating group) is 1. The summed E-state index contributed by atoms with van der Waals surface area (Å²) in [4.78, 5) is 14.1. The van der Waals surface area contributed by atoms with Crippen molar-refractivity contribution in [2.75, 3.05) is 25.0 Å². The Balaban J connectivity index is 1.47. The molecule has 132 valence electrons. The zero-order valence-corrected chi connectivity index (χ0v) is 14.9. The molecule has 0 aromatic heterocycles. The molecule has 25 heavy (non-hydrogen) atoms. The van der Waals surface area contributed by atoms with Gasteiger partial charge in [0.25, 0.3) is 0 Å². The second-order valence-corrected chi connectivity index (χ2v) is 6.70. The van der Waals surface area contributed by atoms with E-state index >= 15 is 0 Å². The van der Waals surface area contributed by atoms with Gasteiger partial charge >= 0.3 is 6.03 Å². The number of hydrogen-bond acceptors (Lipinski definition) is 3. The summed E-state index contributed by atoms with van der Waals surface area (Å²) in [7, 11) is 2.06. The molecule has 0 bridgehead atoms. The fourth-order valence-electron chi connectivity index (χ4n) is 2.95. The van der Waals surface area contributed by atoms with E-state index in [1.807, 2.05) is 30.3 Å². The third-order valence-electron chi connectivity index (χ3n) is 4.44. The van der Waals surface area contributed by atoms with E-state index in [1.165, 1.54) is 11.3 Å². The molecule has 0 saturated carbocycles. The van der Waals surface area contributed by atoms with Crippen molar-refractivity contribution in [3.63, 3.8) is 0 Å². The summed E-state index contributed by atoms with van der Waals surface area (Å²) >= 11 is 5.83. The third-order valence-corrected chi connectivity index (χ3v) is 4.69. The molecule has 3 N–H and O–H groups in total. The van der Waals surface area contributed by atoms with Crippen molar-refractivity contribution in [2.24, 2.45) is 0 Å². The fourth-order valence-corrected chi connectivity index (χ4v) is 3.07. The van der Waals surface area contributed by atoms with Gasteiger partial charge in [-0.3, -0.25) is 0 Å². The number of nitrogens with one attached hydrogen (secondary N) is 2. The fraction of sp³-hybridized carbons (Fsp3) is 0.316. The van der Waals surface area contributed by atoms with Crippen molar-refractivity contribution in [2.45, 2.75) is 19.1 Å². The lowest BCUT2D eigenvalue weighted by molar-refractivity contribution is 0.173. The summed E-state index contributed by atoms with van der Waals surface area (Å²) in [5.41, 5.74) is 4.24. The monoisotopic (exact) mass is 359 g/mol. The minimum Gasteiger partial charge on any atom is -0.387 e. The molecule has 1 atom stereocenters. The van der Waals surface area contributed by atoms with E-state index < -0.39 is 6.10 Å². The summed E-state index contributed by atoms with van der Waals surface area (Å²) in [5, 5.41) is 16.4. The highest BCUT2D eigenvalue weighted by Gasteiger charge is 2.18. The van der Waals surface area contributed by atoms with Crippen LogP contribution in [0.5, 0.6) is 0 Å². The Labute approximate surface area is 152 Å². The largest absolute Gasteiger partial charge is 0.387 e. The highest BCUT2D eigenvalue weighted by Crippen LogP contribution is 2.29. The number of rotatable bonds is 5. The molecule has 0 spiro atoms. The van der Waals surface area contributed by atoms with Crippen LogP contribution in [0.3, 0.4) is 0 Å². The molecule has 1 heterocycles. The third kappa shape index (κ3) is 4.44. The molecule has 2 aromatic carbocycles. The van der Waals surface area contributed by atoms with Crippen LogP contribution < -0.4 is 15.5 Å². The van der Waals surface area contributed by atoms with Gasteiger partial charge in [-0.25, -0.2) is 4.79 Å². The second-order valence-electron chi connectivity index (χ2n) is 6.27.